The van der Waals surface area contributed by atoms with Crippen LogP contribution in [0.2, 0.25) is 0 Å². The molecule has 30 heavy (non-hydrogen) atoms. The predicted octanol–water partition coefficient (Wildman–Crippen LogP) is 7.72. The van der Waals surface area contributed by atoms with Gasteiger partial charge in [-0.25, -0.2) is 0 Å². The summed E-state index contributed by atoms with van der Waals surface area (Å²) in [6.45, 7) is -1.53. The summed E-state index contributed by atoms with van der Waals surface area (Å²) in [5, 5.41) is 0. The predicted molar refractivity (Wildman–Crippen MR) is 82.7 cm³/mol. The fourth-order valence-electron chi connectivity index (χ4n) is 1.86. The van der Waals surface area contributed by atoms with E-state index in [1.807, 2.05) is 0 Å². The highest BCUT2D eigenvalue weighted by Crippen LogP contribution is 2.60. The van der Waals surface area contributed by atoms with E-state index in [2.05, 4.69) is 36.6 Å². The van der Waals surface area contributed by atoms with Gasteiger partial charge in [-0.2, -0.15) is 57.1 Å². The third kappa shape index (κ3) is 4.35. The molecule has 0 aliphatic rings. The summed E-state index contributed by atoms with van der Waals surface area (Å²) in [4.78, 5) is 0. The lowest BCUT2D eigenvalue weighted by Gasteiger charge is -2.39. The standard InChI is InChI=1S/C14H7Br2F13O/c15-6-2-1-3-7(16)8(6)30-5-4-9(17,18)10(19,20)11(21,22)12(23,24)13(25,26)14(27,28)29/h1-3H,4-5H2. The molecule has 0 unspecified atom stereocenters. The molecule has 0 aromatic heterocycles. The van der Waals surface area contributed by atoms with Crippen molar-refractivity contribution in [1.82, 2.24) is 0 Å². The Balaban J connectivity index is 3.17. The lowest BCUT2D eigenvalue weighted by molar-refractivity contribution is -0.440. The number of halogens is 15. The minimum absolute atomic E-state index is 0.0636. The summed E-state index contributed by atoms with van der Waals surface area (Å²) in [6, 6.07) is 3.95. The molecule has 0 bridgehead atoms. The number of ether oxygens (including phenoxy) is 1. The molecule has 1 aromatic rings. The third-order valence-electron chi connectivity index (χ3n) is 3.58. The smallest absolute Gasteiger partial charge is 0.460 e. The van der Waals surface area contributed by atoms with Gasteiger partial charge in [-0.15, -0.1) is 0 Å². The Morgan fingerprint density at radius 2 is 1.03 bits per heavy atom. The molecular formula is C14H7Br2F13O. The SMILES string of the molecule is FC(F)(F)C(F)(F)C(F)(F)C(F)(F)C(F)(F)C(F)(F)CCOc1c(Br)cccc1Br. The first-order chi connectivity index (χ1) is 13.1. The number of para-hydroxylation sites is 1. The van der Waals surface area contributed by atoms with Gasteiger partial charge in [0.2, 0.25) is 0 Å². The van der Waals surface area contributed by atoms with Crippen LogP contribution in [0.4, 0.5) is 57.1 Å². The molecule has 16 heteroatoms. The molecule has 1 nitrogen and oxygen atoms in total. The second kappa shape index (κ2) is 8.20. The molecule has 0 N–H and O–H groups in total. The van der Waals surface area contributed by atoms with Gasteiger partial charge in [0.25, 0.3) is 0 Å². The zero-order valence-electron chi connectivity index (χ0n) is 13.7. The van der Waals surface area contributed by atoms with Crippen molar-refractivity contribution >= 4 is 31.9 Å². The zero-order chi connectivity index (χ0) is 24.0. The summed E-state index contributed by atoms with van der Waals surface area (Å²) < 4.78 is 173. The van der Waals surface area contributed by atoms with Crippen LogP contribution < -0.4 is 4.74 Å². The quantitative estimate of drug-likeness (QED) is 0.279. The molecule has 1 rings (SSSR count). The third-order valence-corrected chi connectivity index (χ3v) is 4.83. The summed E-state index contributed by atoms with van der Waals surface area (Å²) in [6.07, 6.45) is -9.86. The van der Waals surface area contributed by atoms with Crippen LogP contribution in [-0.4, -0.2) is 42.4 Å². The first-order valence-corrected chi connectivity index (χ1v) is 8.76. The van der Waals surface area contributed by atoms with E-state index in [9.17, 15) is 57.1 Å². The van der Waals surface area contributed by atoms with Crippen LogP contribution in [0.1, 0.15) is 6.42 Å². The molecule has 0 saturated carbocycles. The van der Waals surface area contributed by atoms with Gasteiger partial charge in [-0.1, -0.05) is 6.07 Å². The van der Waals surface area contributed by atoms with Crippen LogP contribution in [0, 0.1) is 0 Å². The first-order valence-electron chi connectivity index (χ1n) is 7.18. The summed E-state index contributed by atoms with van der Waals surface area (Å²) in [5.74, 6) is -37.2. The van der Waals surface area contributed by atoms with Crippen LogP contribution in [0.15, 0.2) is 27.1 Å². The average molecular weight is 598 g/mol. The van der Waals surface area contributed by atoms with Crippen molar-refractivity contribution in [1.29, 1.82) is 0 Å². The van der Waals surface area contributed by atoms with Gasteiger partial charge in [0, 0.05) is 0 Å². The molecule has 1 aromatic carbocycles. The van der Waals surface area contributed by atoms with Crippen molar-refractivity contribution < 1.29 is 61.8 Å². The lowest BCUT2D eigenvalue weighted by Crippen LogP contribution is -2.70. The molecule has 0 saturated heterocycles. The number of hydrogen-bond acceptors (Lipinski definition) is 1. The molecule has 0 heterocycles. The van der Waals surface area contributed by atoms with Crippen molar-refractivity contribution in [2.75, 3.05) is 6.61 Å². The van der Waals surface area contributed by atoms with Gasteiger partial charge in [-0.3, -0.25) is 0 Å². The van der Waals surface area contributed by atoms with E-state index >= 15 is 0 Å². The minimum atomic E-state index is -7.91. The number of benzene rings is 1. The molecule has 0 radical (unpaired) electrons. The van der Waals surface area contributed by atoms with Gasteiger partial charge in [-0.05, 0) is 44.0 Å². The Morgan fingerprint density at radius 1 is 0.633 bits per heavy atom. The van der Waals surface area contributed by atoms with Crippen molar-refractivity contribution in [3.05, 3.63) is 27.1 Å². The zero-order valence-corrected chi connectivity index (χ0v) is 16.9. The van der Waals surface area contributed by atoms with E-state index in [4.69, 9.17) is 0 Å². The van der Waals surface area contributed by atoms with E-state index in [1.165, 1.54) is 18.2 Å². The second-order valence-corrected chi connectivity index (χ2v) is 7.36. The molecule has 0 fully saturated rings. The Kier molecular flexibility index (Phi) is 7.41. The van der Waals surface area contributed by atoms with Gasteiger partial charge in [0.15, 0.2) is 0 Å². The molecule has 0 atom stereocenters. The Morgan fingerprint density at radius 3 is 1.43 bits per heavy atom. The highest BCUT2D eigenvalue weighted by molar-refractivity contribution is 9.11. The average Bonchev–Trinajstić information content (AvgIpc) is 2.55. The molecule has 0 aliphatic carbocycles. The number of hydrogen-bond donors (Lipinski definition) is 0. The largest absolute Gasteiger partial charge is 0.491 e. The van der Waals surface area contributed by atoms with Gasteiger partial charge < -0.3 is 4.74 Å². The normalized spacial score (nSPS) is 14.8. The van der Waals surface area contributed by atoms with Crippen LogP contribution in [0.3, 0.4) is 0 Å². The molecular weight excluding hydrogens is 591 g/mol. The summed E-state index contributed by atoms with van der Waals surface area (Å²) in [7, 11) is 0. The minimum Gasteiger partial charge on any atom is -0.491 e. The Labute approximate surface area is 175 Å². The number of rotatable bonds is 8. The van der Waals surface area contributed by atoms with E-state index < -0.39 is 48.8 Å². The Hall–Kier alpha value is -0.930. The molecule has 174 valence electrons. The molecule has 0 aliphatic heterocycles. The van der Waals surface area contributed by atoms with Crippen LogP contribution in [0.25, 0.3) is 0 Å². The fourth-order valence-corrected chi connectivity index (χ4v) is 3.09. The molecule has 0 spiro atoms. The fraction of sp³-hybridized carbons (Fsp3) is 0.571. The molecule has 0 amide bonds. The van der Waals surface area contributed by atoms with Crippen molar-refractivity contribution in [3.63, 3.8) is 0 Å². The maximum Gasteiger partial charge on any atom is 0.460 e. The van der Waals surface area contributed by atoms with E-state index in [0.29, 0.717) is 0 Å². The van der Waals surface area contributed by atoms with E-state index in [-0.39, 0.29) is 14.7 Å². The maximum absolute atomic E-state index is 13.6. The highest BCUT2D eigenvalue weighted by atomic mass is 79.9. The van der Waals surface area contributed by atoms with Crippen molar-refractivity contribution in [3.8, 4) is 5.75 Å². The first kappa shape index (κ1) is 27.1. The van der Waals surface area contributed by atoms with E-state index in [0.717, 1.165) is 0 Å². The van der Waals surface area contributed by atoms with Gasteiger partial charge in [0.1, 0.15) is 5.75 Å². The van der Waals surface area contributed by atoms with Crippen molar-refractivity contribution in [2.45, 2.75) is 42.2 Å². The summed E-state index contributed by atoms with van der Waals surface area (Å²) in [5.41, 5.74) is 0. The number of alkyl halides is 13. The van der Waals surface area contributed by atoms with Crippen molar-refractivity contribution in [2.24, 2.45) is 0 Å². The van der Waals surface area contributed by atoms with Gasteiger partial charge in [0.05, 0.1) is 22.0 Å². The Bertz CT molecular complexity index is 740. The van der Waals surface area contributed by atoms with Crippen LogP contribution in [-0.2, 0) is 0 Å². The highest BCUT2D eigenvalue weighted by Gasteiger charge is 2.90. The lowest BCUT2D eigenvalue weighted by atomic mass is 9.93. The second-order valence-electron chi connectivity index (χ2n) is 5.65. The topological polar surface area (TPSA) is 9.23 Å². The monoisotopic (exact) mass is 596 g/mol. The van der Waals surface area contributed by atoms with Crippen LogP contribution in [0.5, 0.6) is 5.75 Å². The van der Waals surface area contributed by atoms with E-state index in [1.54, 1.807) is 0 Å². The van der Waals surface area contributed by atoms with Crippen LogP contribution >= 0.6 is 31.9 Å². The maximum atomic E-state index is 13.6. The van der Waals surface area contributed by atoms with Gasteiger partial charge >= 0.3 is 35.8 Å². The summed E-state index contributed by atoms with van der Waals surface area (Å²) >= 11 is 5.73.